The number of benzene rings is 1. The number of anilines is 1. The summed E-state index contributed by atoms with van der Waals surface area (Å²) in [6.45, 7) is 0.208. The number of hydrogen-bond donors (Lipinski definition) is 2. The lowest BCUT2D eigenvalue weighted by atomic mass is 10.2. The number of methoxy groups -OCH3 is 1. The van der Waals surface area contributed by atoms with Crippen LogP contribution in [0.25, 0.3) is 0 Å². The van der Waals surface area contributed by atoms with Crippen molar-refractivity contribution in [2.24, 2.45) is 0 Å². The van der Waals surface area contributed by atoms with Crippen LogP contribution in [-0.2, 0) is 4.79 Å². The number of aliphatic hydroxyl groups excluding tert-OH is 1. The predicted molar refractivity (Wildman–Crippen MR) is 57.6 cm³/mol. The van der Waals surface area contributed by atoms with Gasteiger partial charge in [0.1, 0.15) is 11.5 Å². The predicted octanol–water partition coefficient (Wildman–Crippen LogP) is 0.498. The van der Waals surface area contributed by atoms with Crippen LogP contribution in [0.3, 0.4) is 0 Å². The highest BCUT2D eigenvalue weighted by atomic mass is 16.5. The molecule has 1 saturated heterocycles. The number of phenolic OH excluding ortho intramolecular Hbond substituents is 1. The molecular formula is C11H13NO4. The van der Waals surface area contributed by atoms with E-state index in [9.17, 15) is 15.0 Å². The SMILES string of the molecule is COc1ccc(O)c(N2CC(O)CC2=O)c1. The van der Waals surface area contributed by atoms with Crippen molar-refractivity contribution in [3.63, 3.8) is 0 Å². The third kappa shape index (κ3) is 1.81. The minimum atomic E-state index is -0.668. The first-order valence-corrected chi connectivity index (χ1v) is 4.97. The summed E-state index contributed by atoms with van der Waals surface area (Å²) in [4.78, 5) is 12.9. The molecule has 1 aromatic carbocycles. The van der Waals surface area contributed by atoms with Gasteiger partial charge in [-0.25, -0.2) is 0 Å². The van der Waals surface area contributed by atoms with Gasteiger partial charge in [-0.3, -0.25) is 4.79 Å². The second kappa shape index (κ2) is 4.02. The monoisotopic (exact) mass is 223 g/mol. The minimum Gasteiger partial charge on any atom is -0.506 e. The Morgan fingerprint density at radius 2 is 2.25 bits per heavy atom. The number of phenols is 1. The summed E-state index contributed by atoms with van der Waals surface area (Å²) in [7, 11) is 1.51. The van der Waals surface area contributed by atoms with Crippen LogP contribution in [0.1, 0.15) is 6.42 Å². The number of rotatable bonds is 2. The van der Waals surface area contributed by atoms with Crippen LogP contribution in [0.2, 0.25) is 0 Å². The van der Waals surface area contributed by atoms with E-state index < -0.39 is 6.10 Å². The highest BCUT2D eigenvalue weighted by Gasteiger charge is 2.30. The van der Waals surface area contributed by atoms with Gasteiger partial charge in [0.2, 0.25) is 5.91 Å². The van der Waals surface area contributed by atoms with Crippen LogP contribution in [-0.4, -0.2) is 35.9 Å². The third-order valence-electron chi connectivity index (χ3n) is 2.58. The maximum absolute atomic E-state index is 11.6. The molecule has 0 saturated carbocycles. The van der Waals surface area contributed by atoms with Crippen LogP contribution in [0.4, 0.5) is 5.69 Å². The topological polar surface area (TPSA) is 70.0 Å². The first kappa shape index (κ1) is 10.8. The fourth-order valence-corrected chi connectivity index (χ4v) is 1.77. The Morgan fingerprint density at radius 1 is 1.50 bits per heavy atom. The number of carbonyl (C=O) groups excluding carboxylic acids is 1. The van der Waals surface area contributed by atoms with Crippen molar-refractivity contribution in [3.8, 4) is 11.5 Å². The van der Waals surface area contributed by atoms with Gasteiger partial charge in [-0.05, 0) is 12.1 Å². The van der Waals surface area contributed by atoms with Crippen molar-refractivity contribution in [2.45, 2.75) is 12.5 Å². The van der Waals surface area contributed by atoms with E-state index in [2.05, 4.69) is 0 Å². The molecule has 2 N–H and O–H groups in total. The Kier molecular flexibility index (Phi) is 2.70. The molecule has 86 valence electrons. The van der Waals surface area contributed by atoms with Crippen LogP contribution in [0.15, 0.2) is 18.2 Å². The highest BCUT2D eigenvalue weighted by Crippen LogP contribution is 2.33. The summed E-state index contributed by atoms with van der Waals surface area (Å²) in [5.41, 5.74) is 0.376. The van der Waals surface area contributed by atoms with Gasteiger partial charge in [-0.1, -0.05) is 0 Å². The van der Waals surface area contributed by atoms with E-state index >= 15 is 0 Å². The minimum absolute atomic E-state index is 0.00301. The van der Waals surface area contributed by atoms with Gasteiger partial charge in [0.05, 0.1) is 31.9 Å². The van der Waals surface area contributed by atoms with Gasteiger partial charge in [-0.15, -0.1) is 0 Å². The quantitative estimate of drug-likeness (QED) is 0.766. The molecule has 0 radical (unpaired) electrons. The van der Waals surface area contributed by atoms with E-state index in [-0.39, 0.29) is 24.6 Å². The highest BCUT2D eigenvalue weighted by molar-refractivity contribution is 5.97. The average molecular weight is 223 g/mol. The van der Waals surface area contributed by atoms with Gasteiger partial charge in [0, 0.05) is 6.07 Å². The standard InChI is InChI=1S/C11H13NO4/c1-16-8-2-3-10(14)9(5-8)12-6-7(13)4-11(12)15/h2-3,5,7,13-14H,4,6H2,1H3. The van der Waals surface area contributed by atoms with Crippen molar-refractivity contribution >= 4 is 11.6 Å². The third-order valence-corrected chi connectivity index (χ3v) is 2.58. The molecule has 1 aliphatic heterocycles. The lowest BCUT2D eigenvalue weighted by Gasteiger charge is -2.17. The van der Waals surface area contributed by atoms with E-state index in [0.717, 1.165) is 0 Å². The molecule has 0 spiro atoms. The molecule has 5 heteroatoms. The molecule has 1 aromatic rings. The van der Waals surface area contributed by atoms with Crippen molar-refractivity contribution in [2.75, 3.05) is 18.6 Å². The van der Waals surface area contributed by atoms with Crippen molar-refractivity contribution in [1.29, 1.82) is 0 Å². The second-order valence-corrected chi connectivity index (χ2v) is 3.72. The van der Waals surface area contributed by atoms with E-state index in [1.807, 2.05) is 0 Å². The summed E-state index contributed by atoms with van der Waals surface area (Å²) in [5, 5.41) is 19.0. The van der Waals surface area contributed by atoms with Crippen molar-refractivity contribution in [3.05, 3.63) is 18.2 Å². The number of aliphatic hydroxyl groups is 1. The Hall–Kier alpha value is -1.75. The molecule has 1 atom stereocenters. The van der Waals surface area contributed by atoms with E-state index in [1.54, 1.807) is 12.1 Å². The Bertz CT molecular complexity index is 418. The van der Waals surface area contributed by atoms with Crippen LogP contribution in [0.5, 0.6) is 11.5 Å². The number of amides is 1. The number of nitrogens with zero attached hydrogens (tertiary/aromatic N) is 1. The summed E-state index contributed by atoms with van der Waals surface area (Å²) in [5.74, 6) is 0.362. The molecule has 5 nitrogen and oxygen atoms in total. The molecule has 0 aromatic heterocycles. The van der Waals surface area contributed by atoms with Gasteiger partial charge < -0.3 is 19.8 Å². The molecular weight excluding hydrogens is 210 g/mol. The first-order chi connectivity index (χ1) is 7.61. The van der Waals surface area contributed by atoms with Crippen molar-refractivity contribution in [1.82, 2.24) is 0 Å². The lowest BCUT2D eigenvalue weighted by molar-refractivity contribution is -0.117. The van der Waals surface area contributed by atoms with Crippen LogP contribution >= 0.6 is 0 Å². The molecule has 0 aliphatic carbocycles. The zero-order valence-corrected chi connectivity index (χ0v) is 8.88. The van der Waals surface area contributed by atoms with Crippen LogP contribution in [0, 0.1) is 0 Å². The van der Waals surface area contributed by atoms with Gasteiger partial charge in [0.25, 0.3) is 0 Å². The molecule has 1 amide bonds. The van der Waals surface area contributed by atoms with Crippen LogP contribution < -0.4 is 9.64 Å². The van der Waals surface area contributed by atoms with E-state index in [4.69, 9.17) is 4.74 Å². The Labute approximate surface area is 92.9 Å². The number of β-amino-alcohol motifs (C(OH)–C–C–N with tert-alkyl or cyclic N) is 1. The second-order valence-electron chi connectivity index (χ2n) is 3.72. The molecule has 0 bridgehead atoms. The molecule has 1 unspecified atom stereocenters. The molecule has 1 aliphatic rings. The Balaban J connectivity index is 2.35. The molecule has 2 rings (SSSR count). The fourth-order valence-electron chi connectivity index (χ4n) is 1.77. The number of aromatic hydroxyl groups is 1. The molecule has 1 heterocycles. The zero-order chi connectivity index (χ0) is 11.7. The zero-order valence-electron chi connectivity index (χ0n) is 8.88. The molecule has 1 fully saturated rings. The van der Waals surface area contributed by atoms with Gasteiger partial charge in [0.15, 0.2) is 0 Å². The average Bonchev–Trinajstić information content (AvgIpc) is 2.58. The maximum Gasteiger partial charge on any atom is 0.229 e. The van der Waals surface area contributed by atoms with E-state index in [0.29, 0.717) is 11.4 Å². The summed E-state index contributed by atoms with van der Waals surface area (Å²) >= 11 is 0. The van der Waals surface area contributed by atoms with Crippen molar-refractivity contribution < 1.29 is 19.7 Å². The number of hydrogen-bond acceptors (Lipinski definition) is 4. The summed E-state index contributed by atoms with van der Waals surface area (Å²) < 4.78 is 5.02. The normalized spacial score (nSPS) is 20.2. The number of ether oxygens (including phenoxy) is 1. The maximum atomic E-state index is 11.6. The smallest absolute Gasteiger partial charge is 0.229 e. The summed E-state index contributed by atoms with van der Waals surface area (Å²) in [6, 6.07) is 4.65. The molecule has 16 heavy (non-hydrogen) atoms. The van der Waals surface area contributed by atoms with E-state index in [1.165, 1.54) is 18.1 Å². The van der Waals surface area contributed by atoms with Gasteiger partial charge in [-0.2, -0.15) is 0 Å². The first-order valence-electron chi connectivity index (χ1n) is 4.97. The number of carbonyl (C=O) groups is 1. The Morgan fingerprint density at radius 3 is 2.81 bits per heavy atom. The van der Waals surface area contributed by atoms with Gasteiger partial charge >= 0.3 is 0 Å². The lowest BCUT2D eigenvalue weighted by Crippen LogP contribution is -2.25. The largest absolute Gasteiger partial charge is 0.506 e. The summed E-state index contributed by atoms with van der Waals surface area (Å²) in [6.07, 6.45) is -0.575. The fraction of sp³-hybridized carbons (Fsp3) is 0.364.